The van der Waals surface area contributed by atoms with E-state index < -0.39 is 18.4 Å². The van der Waals surface area contributed by atoms with Gasteiger partial charge in [-0.3, -0.25) is 0 Å². The molecule has 0 heterocycles. The third kappa shape index (κ3) is 6.15. The second-order valence-electron chi connectivity index (χ2n) is 9.73. The summed E-state index contributed by atoms with van der Waals surface area (Å²) in [6.07, 6.45) is -1.73. The quantitative estimate of drug-likeness (QED) is 0.437. The van der Waals surface area contributed by atoms with Crippen LogP contribution in [0.3, 0.4) is 0 Å². The van der Waals surface area contributed by atoms with E-state index in [1.54, 1.807) is 0 Å². The molecule has 164 valence electrons. The lowest BCUT2D eigenvalue weighted by atomic mass is 9.82. The highest BCUT2D eigenvalue weighted by molar-refractivity contribution is 6.31. The van der Waals surface area contributed by atoms with Crippen LogP contribution in [0, 0.1) is 0 Å². The van der Waals surface area contributed by atoms with Crippen molar-refractivity contribution in [3.05, 3.63) is 68.7 Å². The lowest BCUT2D eigenvalue weighted by Gasteiger charge is -2.27. The summed E-state index contributed by atoms with van der Waals surface area (Å²) in [6.45, 7) is 16.3. The highest BCUT2D eigenvalue weighted by Gasteiger charge is 2.26. The Bertz CT molecular complexity index is 834. The highest BCUT2D eigenvalue weighted by Crippen LogP contribution is 2.35. The molecule has 3 nitrogen and oxygen atoms in total. The largest absolute Gasteiger partial charge is 0.509 e. The third-order valence-corrected chi connectivity index (χ3v) is 5.54. The van der Waals surface area contributed by atoms with E-state index in [1.165, 1.54) is 0 Å². The molecule has 0 aliphatic heterocycles. The molecule has 0 bridgehead atoms. The number of hydrogen-bond acceptors (Lipinski definition) is 3. The van der Waals surface area contributed by atoms with Crippen molar-refractivity contribution in [2.75, 3.05) is 0 Å². The summed E-state index contributed by atoms with van der Waals surface area (Å²) in [5.41, 5.74) is 3.67. The Balaban J connectivity index is 2.21. The summed E-state index contributed by atoms with van der Waals surface area (Å²) < 4.78 is 11.2. The number of carbonyl (C=O) groups excluding carboxylic acids is 1. The van der Waals surface area contributed by atoms with Crippen LogP contribution in [0.15, 0.2) is 36.4 Å². The molecule has 0 aliphatic carbocycles. The first-order valence-corrected chi connectivity index (χ1v) is 10.9. The lowest BCUT2D eigenvalue weighted by Crippen LogP contribution is -2.20. The minimum absolute atomic E-state index is 0.114. The van der Waals surface area contributed by atoms with Gasteiger partial charge in [-0.1, -0.05) is 76.9 Å². The van der Waals surface area contributed by atoms with Crippen molar-refractivity contribution < 1.29 is 14.3 Å². The average Bonchev–Trinajstić information content (AvgIpc) is 2.59. The first-order valence-electron chi connectivity index (χ1n) is 10.2. The number of carbonyl (C=O) groups is 1. The van der Waals surface area contributed by atoms with Gasteiger partial charge in [0.05, 0.1) is 0 Å². The molecule has 2 atom stereocenters. The van der Waals surface area contributed by atoms with Crippen molar-refractivity contribution in [3.8, 4) is 0 Å². The molecule has 30 heavy (non-hydrogen) atoms. The van der Waals surface area contributed by atoms with Gasteiger partial charge in [0.1, 0.15) is 12.2 Å². The van der Waals surface area contributed by atoms with Gasteiger partial charge in [-0.2, -0.15) is 0 Å². The molecule has 0 amide bonds. The summed E-state index contributed by atoms with van der Waals surface area (Å²) in [5, 5.41) is 1.20. The van der Waals surface area contributed by atoms with Crippen LogP contribution in [-0.2, 0) is 20.3 Å². The molecule has 0 N–H and O–H groups in total. The van der Waals surface area contributed by atoms with Crippen LogP contribution >= 0.6 is 23.2 Å². The van der Waals surface area contributed by atoms with Gasteiger partial charge < -0.3 is 9.47 Å². The first-order chi connectivity index (χ1) is 13.7. The van der Waals surface area contributed by atoms with Gasteiger partial charge in [-0.15, -0.1) is 0 Å². The molecule has 0 aromatic heterocycles. The van der Waals surface area contributed by atoms with Crippen LogP contribution in [0.25, 0.3) is 0 Å². The van der Waals surface area contributed by atoms with Gasteiger partial charge in [-0.05, 0) is 71.2 Å². The van der Waals surface area contributed by atoms with E-state index in [9.17, 15) is 4.79 Å². The first kappa shape index (κ1) is 24.6. The molecule has 2 aromatic carbocycles. The van der Waals surface area contributed by atoms with Crippen LogP contribution in [0.1, 0.15) is 89.9 Å². The molecular formula is C25H32Cl2O3. The van der Waals surface area contributed by atoms with E-state index in [-0.39, 0.29) is 10.8 Å². The summed E-state index contributed by atoms with van der Waals surface area (Å²) in [5.74, 6) is 0. The number of halogens is 2. The van der Waals surface area contributed by atoms with Gasteiger partial charge in [0.15, 0.2) is 0 Å². The van der Waals surface area contributed by atoms with Crippen molar-refractivity contribution in [3.63, 3.8) is 0 Å². The zero-order chi connectivity index (χ0) is 22.9. The zero-order valence-corrected chi connectivity index (χ0v) is 20.6. The fourth-order valence-corrected chi connectivity index (χ4v) is 3.91. The van der Waals surface area contributed by atoms with Gasteiger partial charge in [0.2, 0.25) is 0 Å². The smallest absolute Gasteiger partial charge is 0.426 e. The average molecular weight is 451 g/mol. The Morgan fingerprint density at radius 1 is 0.733 bits per heavy atom. The Hall–Kier alpha value is -1.71. The van der Waals surface area contributed by atoms with Gasteiger partial charge in [0.25, 0.3) is 0 Å². The summed E-state index contributed by atoms with van der Waals surface area (Å²) in [7, 11) is 0. The Kier molecular flexibility index (Phi) is 7.53. The molecule has 2 rings (SSSR count). The zero-order valence-electron chi connectivity index (χ0n) is 19.1. The van der Waals surface area contributed by atoms with E-state index in [4.69, 9.17) is 32.7 Å². The van der Waals surface area contributed by atoms with E-state index in [1.807, 2.05) is 50.2 Å². The number of hydrogen-bond donors (Lipinski definition) is 0. The second-order valence-corrected chi connectivity index (χ2v) is 10.6. The van der Waals surface area contributed by atoms with Crippen molar-refractivity contribution in [1.82, 2.24) is 0 Å². The van der Waals surface area contributed by atoms with E-state index >= 15 is 0 Å². The standard InChI is InChI=1S/C25H32Cl2O3/c1-15(19-13-17(26)9-11-21(19)24(3,4)5)29-23(28)30-16(2)20-14-18(27)10-12-22(20)25(6,7)8/h9-16H,1-8H3. The Morgan fingerprint density at radius 3 is 1.37 bits per heavy atom. The highest BCUT2D eigenvalue weighted by atomic mass is 35.5. The molecule has 0 radical (unpaired) electrons. The van der Waals surface area contributed by atoms with Crippen LogP contribution in [0.2, 0.25) is 10.0 Å². The van der Waals surface area contributed by atoms with Crippen LogP contribution in [0.5, 0.6) is 0 Å². The van der Waals surface area contributed by atoms with Crippen LogP contribution in [0.4, 0.5) is 4.79 Å². The van der Waals surface area contributed by atoms with E-state index in [2.05, 4.69) is 41.5 Å². The monoisotopic (exact) mass is 450 g/mol. The molecule has 0 aliphatic rings. The molecule has 0 spiro atoms. The lowest BCUT2D eigenvalue weighted by molar-refractivity contribution is 0.00549. The fraction of sp³-hybridized carbons (Fsp3) is 0.480. The normalized spacial score (nSPS) is 14.2. The Morgan fingerprint density at radius 2 is 1.07 bits per heavy atom. The molecule has 5 heteroatoms. The van der Waals surface area contributed by atoms with E-state index in [0.29, 0.717) is 10.0 Å². The van der Waals surface area contributed by atoms with Gasteiger partial charge in [-0.25, -0.2) is 4.79 Å². The minimum Gasteiger partial charge on any atom is -0.426 e. The van der Waals surface area contributed by atoms with Gasteiger partial charge >= 0.3 is 6.16 Å². The summed E-state index contributed by atoms with van der Waals surface area (Å²) >= 11 is 12.4. The predicted octanol–water partition coefficient (Wildman–Crippen LogP) is 8.56. The Labute approximate surface area is 190 Å². The number of ether oxygens (including phenoxy) is 2. The van der Waals surface area contributed by atoms with E-state index in [0.717, 1.165) is 22.3 Å². The third-order valence-electron chi connectivity index (χ3n) is 5.07. The molecular weight excluding hydrogens is 419 g/mol. The van der Waals surface area contributed by atoms with Crippen molar-refractivity contribution >= 4 is 29.4 Å². The van der Waals surface area contributed by atoms with Crippen LogP contribution in [-0.4, -0.2) is 6.16 Å². The summed E-state index contributed by atoms with van der Waals surface area (Å²) in [4.78, 5) is 12.6. The number of benzene rings is 2. The maximum atomic E-state index is 12.6. The topological polar surface area (TPSA) is 35.5 Å². The number of rotatable bonds is 4. The predicted molar refractivity (Wildman–Crippen MR) is 125 cm³/mol. The summed E-state index contributed by atoms with van der Waals surface area (Å²) in [6, 6.07) is 11.4. The van der Waals surface area contributed by atoms with Crippen LogP contribution < -0.4 is 0 Å². The minimum atomic E-state index is -0.727. The maximum Gasteiger partial charge on any atom is 0.509 e. The fourth-order valence-electron chi connectivity index (χ4n) is 3.55. The maximum absolute atomic E-state index is 12.6. The molecule has 2 unspecified atom stereocenters. The molecule has 0 saturated heterocycles. The SMILES string of the molecule is CC(OC(=O)OC(C)c1cc(Cl)ccc1C(C)(C)C)c1cc(Cl)ccc1C(C)(C)C. The molecule has 2 aromatic rings. The van der Waals surface area contributed by atoms with Crippen molar-refractivity contribution in [2.24, 2.45) is 0 Å². The van der Waals surface area contributed by atoms with Crippen molar-refractivity contribution in [1.29, 1.82) is 0 Å². The second kappa shape index (κ2) is 9.20. The van der Waals surface area contributed by atoms with Gasteiger partial charge in [0, 0.05) is 10.0 Å². The molecule has 0 fully saturated rings. The van der Waals surface area contributed by atoms with Crippen molar-refractivity contribution in [2.45, 2.75) is 78.4 Å². The molecule has 0 saturated carbocycles.